The van der Waals surface area contributed by atoms with Crippen LogP contribution in [0.2, 0.25) is 0 Å². The van der Waals surface area contributed by atoms with E-state index in [1.54, 1.807) is 16.7 Å². The highest BCUT2D eigenvalue weighted by Gasteiger charge is 2.19. The van der Waals surface area contributed by atoms with Crippen LogP contribution in [0.5, 0.6) is 5.75 Å². The molecule has 6 nitrogen and oxygen atoms in total. The minimum absolute atomic E-state index is 0.119. The fraction of sp³-hybridized carbons (Fsp3) is 0.174. The third-order valence-electron chi connectivity index (χ3n) is 5.10. The molecule has 32 heavy (non-hydrogen) atoms. The van der Waals surface area contributed by atoms with E-state index < -0.39 is 0 Å². The number of nitrogens with zero attached hydrogens (tertiary/aromatic N) is 4. The summed E-state index contributed by atoms with van der Waals surface area (Å²) in [6.07, 6.45) is 0. The van der Waals surface area contributed by atoms with Gasteiger partial charge in [-0.2, -0.15) is 0 Å². The molecule has 0 bridgehead atoms. The quantitative estimate of drug-likeness (QED) is 0.317. The summed E-state index contributed by atoms with van der Waals surface area (Å²) in [4.78, 5) is 13.3. The van der Waals surface area contributed by atoms with E-state index in [2.05, 4.69) is 10.2 Å². The maximum atomic E-state index is 14.1. The van der Waals surface area contributed by atoms with Crippen LogP contribution in [0.1, 0.15) is 18.1 Å². The lowest BCUT2D eigenvalue weighted by molar-refractivity contribution is 0.336. The van der Waals surface area contributed by atoms with Crippen LogP contribution in [0, 0.1) is 5.82 Å². The van der Waals surface area contributed by atoms with Crippen molar-refractivity contribution in [1.82, 2.24) is 19.2 Å². The number of fused-ring (bicyclic) bond motifs is 3. The van der Waals surface area contributed by atoms with Crippen LogP contribution < -0.4 is 10.3 Å². The van der Waals surface area contributed by atoms with Gasteiger partial charge in [-0.15, -0.1) is 21.5 Å². The molecule has 3 aromatic heterocycles. The van der Waals surface area contributed by atoms with Crippen molar-refractivity contribution in [2.45, 2.75) is 24.4 Å². The lowest BCUT2D eigenvalue weighted by atomic mass is 10.2. The summed E-state index contributed by atoms with van der Waals surface area (Å²) in [7, 11) is 0. The molecule has 0 unspecified atom stereocenters. The maximum Gasteiger partial charge on any atom is 0.273 e. The van der Waals surface area contributed by atoms with E-state index in [9.17, 15) is 9.18 Å². The summed E-state index contributed by atoms with van der Waals surface area (Å²) in [5.41, 5.74) is 2.12. The zero-order valence-corrected chi connectivity index (χ0v) is 18.8. The van der Waals surface area contributed by atoms with Crippen LogP contribution in [-0.2, 0) is 12.3 Å². The Morgan fingerprint density at radius 2 is 1.84 bits per heavy atom. The van der Waals surface area contributed by atoms with Crippen molar-refractivity contribution in [3.05, 3.63) is 87.3 Å². The Bertz CT molecular complexity index is 1470. The van der Waals surface area contributed by atoms with Crippen LogP contribution in [0.3, 0.4) is 0 Å². The highest BCUT2D eigenvalue weighted by molar-refractivity contribution is 7.98. The van der Waals surface area contributed by atoms with Crippen molar-refractivity contribution < 1.29 is 9.13 Å². The van der Waals surface area contributed by atoms with Crippen LogP contribution in [0.25, 0.3) is 16.0 Å². The molecule has 0 radical (unpaired) electrons. The second-order valence-corrected chi connectivity index (χ2v) is 8.92. The summed E-state index contributed by atoms with van der Waals surface area (Å²) in [6, 6.07) is 16.2. The van der Waals surface area contributed by atoms with Gasteiger partial charge in [-0.25, -0.2) is 4.39 Å². The summed E-state index contributed by atoms with van der Waals surface area (Å²) in [5, 5.41) is 11.2. The van der Waals surface area contributed by atoms with E-state index in [0.29, 0.717) is 40.1 Å². The first kappa shape index (κ1) is 20.7. The van der Waals surface area contributed by atoms with Crippen molar-refractivity contribution in [3.63, 3.8) is 0 Å². The Hall–Kier alpha value is -3.17. The molecule has 5 rings (SSSR count). The van der Waals surface area contributed by atoms with E-state index in [4.69, 9.17) is 4.74 Å². The van der Waals surface area contributed by atoms with Gasteiger partial charge >= 0.3 is 0 Å². The molecule has 5 aromatic rings. The predicted molar refractivity (Wildman–Crippen MR) is 125 cm³/mol. The number of ether oxygens (including phenoxy) is 1. The van der Waals surface area contributed by atoms with Gasteiger partial charge in [0, 0.05) is 11.3 Å². The highest BCUT2D eigenvalue weighted by atomic mass is 32.2. The first-order valence-corrected chi connectivity index (χ1v) is 12.0. The van der Waals surface area contributed by atoms with Crippen LogP contribution in [-0.4, -0.2) is 25.8 Å². The topological polar surface area (TPSA) is 61.4 Å². The molecule has 0 aliphatic heterocycles. The van der Waals surface area contributed by atoms with Crippen LogP contribution >= 0.6 is 23.1 Å². The summed E-state index contributed by atoms with van der Waals surface area (Å²) in [6.45, 7) is 2.77. The molecule has 9 heteroatoms. The Kier molecular flexibility index (Phi) is 5.67. The molecule has 0 aliphatic rings. The minimum atomic E-state index is -0.251. The number of thiophene rings is 1. The van der Waals surface area contributed by atoms with Gasteiger partial charge in [-0.05, 0) is 36.1 Å². The second-order valence-electron chi connectivity index (χ2n) is 7.07. The third-order valence-corrected chi connectivity index (χ3v) is 6.97. The van der Waals surface area contributed by atoms with Crippen molar-refractivity contribution in [2.75, 3.05) is 6.61 Å². The number of para-hydroxylation sites is 1. The molecule has 3 heterocycles. The summed E-state index contributed by atoms with van der Waals surface area (Å²) >= 11 is 2.77. The molecule has 0 amide bonds. The molecule has 2 aromatic carbocycles. The molecule has 0 saturated heterocycles. The smallest absolute Gasteiger partial charge is 0.273 e. The molecule has 162 valence electrons. The zero-order valence-electron chi connectivity index (χ0n) is 17.2. The number of rotatable bonds is 7. The summed E-state index contributed by atoms with van der Waals surface area (Å²) < 4.78 is 23.9. The van der Waals surface area contributed by atoms with Gasteiger partial charge in [0.05, 0.1) is 18.7 Å². The first-order valence-electron chi connectivity index (χ1n) is 10.1. The van der Waals surface area contributed by atoms with E-state index in [-0.39, 0.29) is 11.4 Å². The fourth-order valence-electron chi connectivity index (χ4n) is 3.59. The van der Waals surface area contributed by atoms with Crippen LogP contribution in [0.4, 0.5) is 4.39 Å². The van der Waals surface area contributed by atoms with Gasteiger partial charge in [0.1, 0.15) is 16.3 Å². The molecule has 0 atom stereocenters. The SMILES string of the molecule is CCOc1ccccc1Cn1c(=O)c2sccc2n2c(SCc3ccccc3F)nnc12. The molecule has 0 spiro atoms. The van der Waals surface area contributed by atoms with Gasteiger partial charge in [0.25, 0.3) is 5.56 Å². The van der Waals surface area contributed by atoms with Crippen molar-refractivity contribution >= 4 is 39.1 Å². The Labute approximate surface area is 191 Å². The van der Waals surface area contributed by atoms with E-state index in [1.807, 2.05) is 53.1 Å². The van der Waals surface area contributed by atoms with Gasteiger partial charge in [0.15, 0.2) is 5.16 Å². The average Bonchev–Trinajstić information content (AvgIpc) is 3.44. The number of benzene rings is 2. The molecule has 0 aliphatic carbocycles. The lowest BCUT2D eigenvalue weighted by Gasteiger charge is -2.13. The van der Waals surface area contributed by atoms with Crippen molar-refractivity contribution in [1.29, 1.82) is 0 Å². The fourth-order valence-corrected chi connectivity index (χ4v) is 5.35. The first-order chi connectivity index (χ1) is 15.7. The van der Waals surface area contributed by atoms with E-state index >= 15 is 0 Å². The Morgan fingerprint density at radius 1 is 1.06 bits per heavy atom. The van der Waals surface area contributed by atoms with Crippen molar-refractivity contribution in [3.8, 4) is 5.75 Å². The van der Waals surface area contributed by atoms with Crippen LogP contribution in [0.15, 0.2) is 69.9 Å². The number of thioether (sulfide) groups is 1. The van der Waals surface area contributed by atoms with Gasteiger partial charge < -0.3 is 4.74 Å². The molecular formula is C23H19FN4O2S2. The lowest BCUT2D eigenvalue weighted by Crippen LogP contribution is -2.23. The van der Waals surface area contributed by atoms with Crippen molar-refractivity contribution in [2.24, 2.45) is 0 Å². The predicted octanol–water partition coefficient (Wildman–Crippen LogP) is 4.98. The number of aromatic nitrogens is 4. The Morgan fingerprint density at radius 3 is 2.66 bits per heavy atom. The Balaban J connectivity index is 1.61. The average molecular weight is 467 g/mol. The van der Waals surface area contributed by atoms with E-state index in [0.717, 1.165) is 16.8 Å². The standard InChI is InChI=1S/C23H19FN4O2S2/c1-2-30-19-10-6-4-7-15(19)13-27-21(29)20-18(11-12-31-20)28-22(27)25-26-23(28)32-14-16-8-3-5-9-17(16)24/h3-12H,2,13-14H2,1H3. The molecule has 0 saturated carbocycles. The normalized spacial score (nSPS) is 11.4. The van der Waals surface area contributed by atoms with E-state index in [1.165, 1.54) is 29.2 Å². The molecular weight excluding hydrogens is 447 g/mol. The third kappa shape index (κ3) is 3.67. The second kappa shape index (κ2) is 8.76. The largest absolute Gasteiger partial charge is 0.494 e. The molecule has 0 N–H and O–H groups in total. The number of halogens is 1. The monoisotopic (exact) mass is 466 g/mol. The number of hydrogen-bond acceptors (Lipinski definition) is 6. The van der Waals surface area contributed by atoms with Gasteiger partial charge in [0.2, 0.25) is 5.78 Å². The highest BCUT2D eigenvalue weighted by Crippen LogP contribution is 2.28. The zero-order chi connectivity index (χ0) is 22.1. The van der Waals surface area contributed by atoms with Gasteiger partial charge in [-0.3, -0.25) is 13.8 Å². The minimum Gasteiger partial charge on any atom is -0.494 e. The summed E-state index contributed by atoms with van der Waals surface area (Å²) in [5.74, 6) is 1.34. The molecule has 0 fully saturated rings. The van der Waals surface area contributed by atoms with Gasteiger partial charge in [-0.1, -0.05) is 48.2 Å². The number of hydrogen-bond donors (Lipinski definition) is 0. The maximum absolute atomic E-state index is 14.1.